The summed E-state index contributed by atoms with van der Waals surface area (Å²) >= 11 is 0. The van der Waals surface area contributed by atoms with Gasteiger partial charge in [-0.05, 0) is 23.1 Å². The number of benzene rings is 2. The molecule has 3 aromatic rings. The van der Waals surface area contributed by atoms with Gasteiger partial charge in [0.05, 0.1) is 5.52 Å². The molecule has 2 heterocycles. The summed E-state index contributed by atoms with van der Waals surface area (Å²) in [5, 5.41) is 4.18. The molecule has 0 saturated carbocycles. The van der Waals surface area contributed by atoms with E-state index >= 15 is 0 Å². The van der Waals surface area contributed by atoms with Crippen molar-refractivity contribution in [3.8, 4) is 0 Å². The maximum absolute atomic E-state index is 12.7. The minimum absolute atomic E-state index is 0.304. The normalized spacial score (nSPS) is 14.7. The van der Waals surface area contributed by atoms with E-state index in [1.54, 1.807) is 4.57 Å². The van der Waals surface area contributed by atoms with E-state index in [4.69, 9.17) is 0 Å². The fourth-order valence-corrected chi connectivity index (χ4v) is 3.07. The SMILES string of the molecule is CN1C(=O)C(NCc2ccccc2)=C(n2ccc3ccccc32)C1=O. The molecular formula is C20H17N3O2. The standard InChI is InChI=1S/C20H17N3O2/c1-22-19(24)17(21-13-14-7-3-2-4-8-14)18(20(22)25)23-12-11-15-9-5-6-10-16(15)23/h2-12,21H,13H2,1H3. The highest BCUT2D eigenvalue weighted by Crippen LogP contribution is 2.27. The minimum atomic E-state index is -0.311. The average molecular weight is 331 g/mol. The van der Waals surface area contributed by atoms with Gasteiger partial charge in [-0.1, -0.05) is 48.5 Å². The first-order chi connectivity index (χ1) is 12.2. The summed E-state index contributed by atoms with van der Waals surface area (Å²) in [6, 6.07) is 19.5. The van der Waals surface area contributed by atoms with Crippen molar-refractivity contribution in [3.05, 3.63) is 78.1 Å². The third-order valence-electron chi connectivity index (χ3n) is 4.41. The van der Waals surface area contributed by atoms with Gasteiger partial charge in [0.15, 0.2) is 0 Å². The van der Waals surface area contributed by atoms with Gasteiger partial charge in [0.2, 0.25) is 0 Å². The summed E-state index contributed by atoms with van der Waals surface area (Å²) in [4.78, 5) is 26.4. The zero-order chi connectivity index (χ0) is 17.4. The molecule has 0 saturated heterocycles. The second-order valence-corrected chi connectivity index (χ2v) is 5.98. The largest absolute Gasteiger partial charge is 0.375 e. The molecule has 25 heavy (non-hydrogen) atoms. The number of para-hydroxylation sites is 1. The highest BCUT2D eigenvalue weighted by atomic mass is 16.2. The van der Waals surface area contributed by atoms with Crippen molar-refractivity contribution in [1.29, 1.82) is 0 Å². The molecule has 5 nitrogen and oxygen atoms in total. The molecule has 124 valence electrons. The van der Waals surface area contributed by atoms with Crippen molar-refractivity contribution >= 4 is 28.4 Å². The molecule has 0 atom stereocenters. The Morgan fingerprint density at radius 3 is 2.40 bits per heavy atom. The van der Waals surface area contributed by atoms with E-state index in [1.165, 1.54) is 7.05 Å². The Labute approximate surface area is 145 Å². The number of imide groups is 1. The number of carbonyl (C=O) groups excluding carboxylic acids is 2. The van der Waals surface area contributed by atoms with Crippen LogP contribution in [0.1, 0.15) is 5.56 Å². The monoisotopic (exact) mass is 331 g/mol. The van der Waals surface area contributed by atoms with Crippen molar-refractivity contribution in [2.75, 3.05) is 7.05 Å². The van der Waals surface area contributed by atoms with Crippen LogP contribution < -0.4 is 5.32 Å². The first kappa shape index (κ1) is 15.2. The maximum atomic E-state index is 12.7. The van der Waals surface area contributed by atoms with Gasteiger partial charge in [0.1, 0.15) is 11.4 Å². The minimum Gasteiger partial charge on any atom is -0.375 e. The molecule has 5 heteroatoms. The van der Waals surface area contributed by atoms with Crippen LogP contribution in [0, 0.1) is 0 Å². The Kier molecular flexibility index (Phi) is 3.61. The number of nitrogens with zero attached hydrogens (tertiary/aromatic N) is 2. The third-order valence-corrected chi connectivity index (χ3v) is 4.41. The molecule has 0 bridgehead atoms. The number of amides is 2. The number of hydrogen-bond donors (Lipinski definition) is 1. The first-order valence-corrected chi connectivity index (χ1v) is 8.08. The van der Waals surface area contributed by atoms with Crippen molar-refractivity contribution in [2.24, 2.45) is 0 Å². The summed E-state index contributed by atoms with van der Waals surface area (Å²) in [5.74, 6) is -0.615. The molecule has 1 aromatic heterocycles. The zero-order valence-corrected chi connectivity index (χ0v) is 13.8. The van der Waals surface area contributed by atoms with Crippen molar-refractivity contribution < 1.29 is 9.59 Å². The molecule has 2 amide bonds. The molecule has 0 spiro atoms. The van der Waals surface area contributed by atoms with Crippen LogP contribution in [-0.4, -0.2) is 28.3 Å². The smallest absolute Gasteiger partial charge is 0.279 e. The van der Waals surface area contributed by atoms with Crippen molar-refractivity contribution in [2.45, 2.75) is 6.54 Å². The van der Waals surface area contributed by atoms with Gasteiger partial charge in [0, 0.05) is 19.8 Å². The van der Waals surface area contributed by atoms with Gasteiger partial charge in [-0.25, -0.2) is 0 Å². The summed E-state index contributed by atoms with van der Waals surface area (Å²) in [5.41, 5.74) is 2.64. The van der Waals surface area contributed by atoms with E-state index < -0.39 is 0 Å². The fraction of sp³-hybridized carbons (Fsp3) is 0.100. The van der Waals surface area contributed by atoms with Crippen LogP contribution in [0.5, 0.6) is 0 Å². The van der Waals surface area contributed by atoms with Crippen LogP contribution in [-0.2, 0) is 16.1 Å². The quantitative estimate of drug-likeness (QED) is 0.748. The Morgan fingerprint density at radius 1 is 0.880 bits per heavy atom. The van der Waals surface area contributed by atoms with Crippen molar-refractivity contribution in [1.82, 2.24) is 14.8 Å². The highest BCUT2D eigenvalue weighted by molar-refractivity contribution is 6.32. The van der Waals surface area contributed by atoms with E-state index in [1.807, 2.05) is 66.9 Å². The van der Waals surface area contributed by atoms with Crippen molar-refractivity contribution in [3.63, 3.8) is 0 Å². The lowest BCUT2D eigenvalue weighted by molar-refractivity contribution is -0.135. The third kappa shape index (κ3) is 2.50. The van der Waals surface area contributed by atoms with Gasteiger partial charge in [-0.2, -0.15) is 0 Å². The predicted octanol–water partition coefficient (Wildman–Crippen LogP) is 2.60. The summed E-state index contributed by atoms with van der Waals surface area (Å²) in [6.45, 7) is 0.478. The summed E-state index contributed by atoms with van der Waals surface area (Å²) in [6.07, 6.45) is 1.83. The zero-order valence-electron chi connectivity index (χ0n) is 13.8. The molecule has 0 aliphatic carbocycles. The van der Waals surface area contributed by atoms with E-state index in [2.05, 4.69) is 5.32 Å². The topological polar surface area (TPSA) is 54.3 Å². The molecule has 2 aromatic carbocycles. The highest BCUT2D eigenvalue weighted by Gasteiger charge is 2.37. The number of rotatable bonds is 4. The van der Waals surface area contributed by atoms with Crippen LogP contribution >= 0.6 is 0 Å². The van der Waals surface area contributed by atoms with Gasteiger partial charge in [0.25, 0.3) is 11.8 Å². The van der Waals surface area contributed by atoms with Crippen LogP contribution in [0.25, 0.3) is 16.6 Å². The van der Waals surface area contributed by atoms with Gasteiger partial charge in [-0.15, -0.1) is 0 Å². The predicted molar refractivity (Wildman–Crippen MR) is 96.2 cm³/mol. The molecule has 0 unspecified atom stereocenters. The van der Waals surface area contributed by atoms with Gasteiger partial charge < -0.3 is 9.88 Å². The average Bonchev–Trinajstić information content (AvgIpc) is 3.16. The van der Waals surface area contributed by atoms with E-state index in [0.29, 0.717) is 17.9 Å². The number of nitrogens with one attached hydrogen (secondary N) is 1. The number of aromatic nitrogens is 1. The molecule has 0 radical (unpaired) electrons. The lowest BCUT2D eigenvalue weighted by Gasteiger charge is -2.09. The fourth-order valence-electron chi connectivity index (χ4n) is 3.07. The van der Waals surface area contributed by atoms with Crippen LogP contribution in [0.2, 0.25) is 0 Å². The van der Waals surface area contributed by atoms with Crippen LogP contribution in [0.3, 0.4) is 0 Å². The van der Waals surface area contributed by atoms with Gasteiger partial charge in [-0.3, -0.25) is 14.5 Å². The maximum Gasteiger partial charge on any atom is 0.279 e. The van der Waals surface area contributed by atoms with Crippen LogP contribution in [0.15, 0.2) is 72.6 Å². The Bertz CT molecular complexity index is 1000. The van der Waals surface area contributed by atoms with E-state index in [9.17, 15) is 9.59 Å². The van der Waals surface area contributed by atoms with E-state index in [-0.39, 0.29) is 11.8 Å². The van der Waals surface area contributed by atoms with Gasteiger partial charge >= 0.3 is 0 Å². The second-order valence-electron chi connectivity index (χ2n) is 5.98. The molecule has 1 aliphatic rings. The summed E-state index contributed by atoms with van der Waals surface area (Å²) < 4.78 is 1.78. The lowest BCUT2D eigenvalue weighted by atomic mass is 10.2. The Hall–Kier alpha value is -3.34. The number of carbonyl (C=O) groups is 2. The molecule has 4 rings (SSSR count). The Morgan fingerprint density at radius 2 is 1.60 bits per heavy atom. The number of fused-ring (bicyclic) bond motifs is 1. The lowest BCUT2D eigenvalue weighted by Crippen LogP contribution is -2.29. The van der Waals surface area contributed by atoms with E-state index in [0.717, 1.165) is 21.4 Å². The number of likely N-dealkylation sites (N-methyl/N-ethyl adjacent to an activating group) is 1. The summed E-state index contributed by atoms with van der Waals surface area (Å²) in [7, 11) is 1.51. The number of hydrogen-bond acceptors (Lipinski definition) is 3. The molecule has 1 N–H and O–H groups in total. The molecule has 1 aliphatic heterocycles. The van der Waals surface area contributed by atoms with Crippen LogP contribution in [0.4, 0.5) is 0 Å². The molecular weight excluding hydrogens is 314 g/mol. The molecule has 0 fully saturated rings. The first-order valence-electron chi connectivity index (χ1n) is 8.08. The Balaban J connectivity index is 1.78. The second kappa shape index (κ2) is 5.94.